The molecule has 1 amide bonds. The van der Waals surface area contributed by atoms with E-state index in [2.05, 4.69) is 21.2 Å². The van der Waals surface area contributed by atoms with Crippen molar-refractivity contribution in [1.82, 2.24) is 9.62 Å². The van der Waals surface area contributed by atoms with Crippen LogP contribution in [0.15, 0.2) is 33.6 Å². The van der Waals surface area contributed by atoms with Crippen LogP contribution in [-0.2, 0) is 19.6 Å². The van der Waals surface area contributed by atoms with Gasteiger partial charge in [0.2, 0.25) is 15.9 Å². The van der Waals surface area contributed by atoms with E-state index in [1.54, 1.807) is 31.4 Å². The van der Waals surface area contributed by atoms with E-state index in [4.69, 9.17) is 4.74 Å². The molecule has 6 nitrogen and oxygen atoms in total. The predicted molar refractivity (Wildman–Crippen MR) is 90.5 cm³/mol. The Morgan fingerprint density at radius 1 is 1.39 bits per heavy atom. The smallest absolute Gasteiger partial charge is 0.243 e. The van der Waals surface area contributed by atoms with Gasteiger partial charge in [-0.25, -0.2) is 8.42 Å². The number of hydrogen-bond acceptors (Lipinski definition) is 4. The van der Waals surface area contributed by atoms with Crippen LogP contribution in [0.4, 0.5) is 0 Å². The zero-order valence-electron chi connectivity index (χ0n) is 13.0. The van der Waals surface area contributed by atoms with Crippen LogP contribution in [0.5, 0.6) is 0 Å². The average molecular weight is 405 g/mol. The Hall–Kier alpha value is -0.960. The molecule has 1 aliphatic rings. The molecule has 1 saturated heterocycles. The van der Waals surface area contributed by atoms with Crippen LogP contribution in [0, 0.1) is 5.92 Å². The molecule has 1 aliphatic heterocycles. The van der Waals surface area contributed by atoms with Gasteiger partial charge in [-0.2, -0.15) is 4.31 Å². The number of carbonyl (C=O) groups excluding carboxylic acids is 1. The first-order valence-corrected chi connectivity index (χ1v) is 9.71. The van der Waals surface area contributed by atoms with Crippen LogP contribution >= 0.6 is 15.9 Å². The number of benzene rings is 1. The maximum atomic E-state index is 12.7. The summed E-state index contributed by atoms with van der Waals surface area (Å²) in [6.45, 7) is 1.54. The molecule has 0 radical (unpaired) electrons. The molecule has 1 N–H and O–H groups in total. The van der Waals surface area contributed by atoms with Crippen LogP contribution in [0.3, 0.4) is 0 Å². The first-order valence-electron chi connectivity index (χ1n) is 7.47. The van der Waals surface area contributed by atoms with Crippen molar-refractivity contribution in [2.24, 2.45) is 5.92 Å². The molecule has 1 aromatic carbocycles. The molecule has 0 bridgehead atoms. The summed E-state index contributed by atoms with van der Waals surface area (Å²) < 4.78 is 32.5. The minimum atomic E-state index is -3.56. The molecule has 128 valence electrons. The molecule has 0 spiro atoms. The highest BCUT2D eigenvalue weighted by Crippen LogP contribution is 2.24. The van der Waals surface area contributed by atoms with E-state index in [0.29, 0.717) is 32.5 Å². The summed E-state index contributed by atoms with van der Waals surface area (Å²) in [5.74, 6) is -0.427. The van der Waals surface area contributed by atoms with Gasteiger partial charge in [-0.3, -0.25) is 4.79 Å². The second-order valence-electron chi connectivity index (χ2n) is 5.44. The minimum Gasteiger partial charge on any atom is -0.383 e. The zero-order valence-corrected chi connectivity index (χ0v) is 15.4. The number of ether oxygens (including phenoxy) is 1. The SMILES string of the molecule is COCCNC(=O)C1CCCN(S(=O)(=O)c2ccc(Br)cc2)C1. The highest BCUT2D eigenvalue weighted by Gasteiger charge is 2.33. The molecule has 1 atom stereocenters. The van der Waals surface area contributed by atoms with E-state index in [1.807, 2.05) is 0 Å². The first-order chi connectivity index (χ1) is 10.9. The standard InChI is InChI=1S/C15H21BrN2O4S/c1-22-10-8-17-15(19)12-3-2-9-18(11-12)23(20,21)14-6-4-13(16)5-7-14/h4-7,12H,2-3,8-11H2,1H3,(H,17,19). The van der Waals surface area contributed by atoms with Gasteiger partial charge in [0.15, 0.2) is 0 Å². The van der Waals surface area contributed by atoms with Gasteiger partial charge in [-0.15, -0.1) is 0 Å². The Morgan fingerprint density at radius 2 is 2.09 bits per heavy atom. The van der Waals surface area contributed by atoms with Gasteiger partial charge in [0, 0.05) is 31.2 Å². The summed E-state index contributed by atoms with van der Waals surface area (Å²) in [4.78, 5) is 12.4. The molecular formula is C15H21BrN2O4S. The Labute approximate surface area is 145 Å². The summed E-state index contributed by atoms with van der Waals surface area (Å²) in [5, 5.41) is 2.78. The van der Waals surface area contributed by atoms with Crippen LogP contribution in [0.1, 0.15) is 12.8 Å². The van der Waals surface area contributed by atoms with Gasteiger partial charge < -0.3 is 10.1 Å². The van der Waals surface area contributed by atoms with Crippen molar-refractivity contribution in [3.8, 4) is 0 Å². The van der Waals surface area contributed by atoms with Crippen molar-refractivity contribution in [2.75, 3.05) is 33.4 Å². The van der Waals surface area contributed by atoms with Gasteiger partial charge in [-0.05, 0) is 37.1 Å². The molecule has 1 unspecified atom stereocenters. The number of nitrogens with one attached hydrogen (secondary N) is 1. The number of methoxy groups -OCH3 is 1. The topological polar surface area (TPSA) is 75.7 Å². The lowest BCUT2D eigenvalue weighted by Gasteiger charge is -2.31. The third-order valence-electron chi connectivity index (χ3n) is 3.81. The maximum Gasteiger partial charge on any atom is 0.243 e. The van der Waals surface area contributed by atoms with Gasteiger partial charge in [0.05, 0.1) is 17.4 Å². The third-order valence-corrected chi connectivity index (χ3v) is 6.22. The number of nitrogens with zero attached hydrogens (tertiary/aromatic N) is 1. The fourth-order valence-corrected chi connectivity index (χ4v) is 4.34. The second-order valence-corrected chi connectivity index (χ2v) is 8.29. The average Bonchev–Trinajstić information content (AvgIpc) is 2.55. The Kier molecular flexibility index (Phi) is 6.58. The van der Waals surface area contributed by atoms with E-state index >= 15 is 0 Å². The quantitative estimate of drug-likeness (QED) is 0.730. The lowest BCUT2D eigenvalue weighted by Crippen LogP contribution is -2.45. The molecular weight excluding hydrogens is 384 g/mol. The highest BCUT2D eigenvalue weighted by atomic mass is 79.9. The number of carbonyl (C=O) groups is 1. The zero-order chi connectivity index (χ0) is 16.9. The number of sulfonamides is 1. The Bertz CT molecular complexity index is 633. The minimum absolute atomic E-state index is 0.113. The third kappa shape index (κ3) is 4.76. The summed E-state index contributed by atoms with van der Waals surface area (Å²) >= 11 is 3.30. The van der Waals surface area contributed by atoms with Gasteiger partial charge in [0.25, 0.3) is 0 Å². The van der Waals surface area contributed by atoms with E-state index in [9.17, 15) is 13.2 Å². The van der Waals surface area contributed by atoms with Gasteiger partial charge in [0.1, 0.15) is 0 Å². The highest BCUT2D eigenvalue weighted by molar-refractivity contribution is 9.10. The second kappa shape index (κ2) is 8.23. The molecule has 1 aromatic rings. The Morgan fingerprint density at radius 3 is 2.74 bits per heavy atom. The molecule has 8 heteroatoms. The van der Waals surface area contributed by atoms with Crippen molar-refractivity contribution in [1.29, 1.82) is 0 Å². The number of hydrogen-bond donors (Lipinski definition) is 1. The van der Waals surface area contributed by atoms with Crippen LogP contribution in [-0.4, -0.2) is 52.0 Å². The molecule has 1 fully saturated rings. The van der Waals surface area contributed by atoms with Gasteiger partial charge >= 0.3 is 0 Å². The van der Waals surface area contributed by atoms with Crippen LogP contribution in [0.2, 0.25) is 0 Å². The predicted octanol–water partition coefficient (Wildman–Crippen LogP) is 1.61. The van der Waals surface area contributed by atoms with Crippen LogP contribution in [0.25, 0.3) is 0 Å². The fraction of sp³-hybridized carbons (Fsp3) is 0.533. The molecule has 0 aliphatic carbocycles. The van der Waals surface area contributed by atoms with E-state index < -0.39 is 10.0 Å². The molecule has 23 heavy (non-hydrogen) atoms. The molecule has 2 rings (SSSR count). The number of rotatable bonds is 6. The van der Waals surface area contributed by atoms with Crippen molar-refractivity contribution in [3.05, 3.63) is 28.7 Å². The number of amides is 1. The normalized spacial score (nSPS) is 19.5. The lowest BCUT2D eigenvalue weighted by molar-refractivity contribution is -0.126. The van der Waals surface area contributed by atoms with E-state index in [1.165, 1.54) is 4.31 Å². The number of halogens is 1. The molecule has 0 saturated carbocycles. The summed E-state index contributed by atoms with van der Waals surface area (Å²) in [6.07, 6.45) is 1.38. The van der Waals surface area contributed by atoms with E-state index in [0.717, 1.165) is 4.47 Å². The Balaban J connectivity index is 2.05. The largest absolute Gasteiger partial charge is 0.383 e. The monoisotopic (exact) mass is 404 g/mol. The van der Waals surface area contributed by atoms with Crippen molar-refractivity contribution in [3.63, 3.8) is 0 Å². The maximum absolute atomic E-state index is 12.7. The molecule has 0 aromatic heterocycles. The summed E-state index contributed by atoms with van der Waals surface area (Å²) in [6, 6.07) is 6.54. The van der Waals surface area contributed by atoms with E-state index in [-0.39, 0.29) is 23.3 Å². The fourth-order valence-electron chi connectivity index (χ4n) is 2.55. The number of piperidine rings is 1. The first kappa shape index (κ1) is 18.4. The summed E-state index contributed by atoms with van der Waals surface area (Å²) in [7, 11) is -1.99. The summed E-state index contributed by atoms with van der Waals surface area (Å²) in [5.41, 5.74) is 0. The molecule has 1 heterocycles. The lowest BCUT2D eigenvalue weighted by atomic mass is 9.99. The van der Waals surface area contributed by atoms with Gasteiger partial charge in [-0.1, -0.05) is 15.9 Å². The van der Waals surface area contributed by atoms with Crippen molar-refractivity contribution >= 4 is 31.9 Å². The van der Waals surface area contributed by atoms with Crippen molar-refractivity contribution in [2.45, 2.75) is 17.7 Å². The van der Waals surface area contributed by atoms with Crippen LogP contribution < -0.4 is 5.32 Å². The van der Waals surface area contributed by atoms with Crippen molar-refractivity contribution < 1.29 is 17.9 Å².